The Morgan fingerprint density at radius 1 is 1.35 bits per heavy atom. The third-order valence-corrected chi connectivity index (χ3v) is 5.09. The van der Waals surface area contributed by atoms with Gasteiger partial charge in [0.1, 0.15) is 0 Å². The predicted octanol–water partition coefficient (Wildman–Crippen LogP) is 2.41. The minimum atomic E-state index is 0.156. The first kappa shape index (κ1) is 13.9. The predicted molar refractivity (Wildman–Crippen MR) is 78.2 cm³/mol. The first-order valence-corrected chi connectivity index (χ1v) is 7.76. The molecule has 2 aliphatic carbocycles. The third kappa shape index (κ3) is 2.13. The Labute approximate surface area is 120 Å². The smallest absolute Gasteiger partial charge is 0.161 e. The number of aromatic nitrogens is 2. The van der Waals surface area contributed by atoms with Crippen molar-refractivity contribution >= 4 is 0 Å². The van der Waals surface area contributed by atoms with Crippen LogP contribution in [-0.4, -0.2) is 16.9 Å². The van der Waals surface area contributed by atoms with Crippen LogP contribution < -0.4 is 16.0 Å². The zero-order valence-electron chi connectivity index (χ0n) is 12.7. The summed E-state index contributed by atoms with van der Waals surface area (Å²) in [6, 6.07) is 0.466. The second-order valence-electron chi connectivity index (χ2n) is 6.47. The molecule has 1 aromatic rings. The fraction of sp³-hybridized carbons (Fsp3) is 0.800. The van der Waals surface area contributed by atoms with Gasteiger partial charge in [0.05, 0.1) is 25.0 Å². The van der Waals surface area contributed by atoms with E-state index in [1.165, 1.54) is 25.7 Å². The topological polar surface area (TPSA) is 65.1 Å². The molecule has 1 heterocycles. The maximum absolute atomic E-state index is 5.91. The van der Waals surface area contributed by atoms with Gasteiger partial charge in [0.2, 0.25) is 0 Å². The average Bonchev–Trinajstić information content (AvgIpc) is 3.00. The van der Waals surface area contributed by atoms with E-state index in [0.29, 0.717) is 12.0 Å². The van der Waals surface area contributed by atoms with Gasteiger partial charge in [-0.25, -0.2) is 0 Å². The van der Waals surface area contributed by atoms with Gasteiger partial charge in [-0.2, -0.15) is 5.10 Å². The van der Waals surface area contributed by atoms with E-state index in [4.69, 9.17) is 10.6 Å². The van der Waals surface area contributed by atoms with Gasteiger partial charge in [0.15, 0.2) is 5.75 Å². The standard InChI is InChI=1S/C15H26N4O/c1-9(2)19-15(12(20-3)8-17-19)14(18-16)13-10-6-4-5-7-11(10)13/h8-11,13-14,18H,4-7,16H2,1-3H3. The summed E-state index contributed by atoms with van der Waals surface area (Å²) in [4.78, 5) is 0. The summed E-state index contributed by atoms with van der Waals surface area (Å²) in [5.41, 5.74) is 4.17. The highest BCUT2D eigenvalue weighted by atomic mass is 16.5. The highest BCUT2D eigenvalue weighted by Crippen LogP contribution is 2.60. The molecule has 2 saturated carbocycles. The summed E-state index contributed by atoms with van der Waals surface area (Å²) in [5.74, 6) is 9.08. The summed E-state index contributed by atoms with van der Waals surface area (Å²) in [6.07, 6.45) is 7.26. The summed E-state index contributed by atoms with van der Waals surface area (Å²) < 4.78 is 7.56. The Morgan fingerprint density at radius 3 is 2.50 bits per heavy atom. The molecule has 3 N–H and O–H groups in total. The lowest BCUT2D eigenvalue weighted by Gasteiger charge is -2.21. The number of nitrogens with zero attached hydrogens (tertiary/aromatic N) is 2. The Hall–Kier alpha value is -1.07. The molecule has 0 aromatic carbocycles. The molecule has 1 aromatic heterocycles. The lowest BCUT2D eigenvalue weighted by atomic mass is 10.0. The van der Waals surface area contributed by atoms with Crippen molar-refractivity contribution < 1.29 is 4.74 Å². The monoisotopic (exact) mass is 278 g/mol. The van der Waals surface area contributed by atoms with E-state index in [1.807, 2.05) is 10.9 Å². The number of hydrogen-bond donors (Lipinski definition) is 2. The van der Waals surface area contributed by atoms with Gasteiger partial charge in [0, 0.05) is 6.04 Å². The fourth-order valence-corrected chi connectivity index (χ4v) is 4.13. The number of hydrogen-bond acceptors (Lipinski definition) is 4. The van der Waals surface area contributed by atoms with E-state index in [9.17, 15) is 0 Å². The maximum Gasteiger partial charge on any atom is 0.161 e. The normalized spacial score (nSPS) is 30.1. The Kier molecular flexibility index (Phi) is 3.73. The molecule has 2 aliphatic rings. The van der Waals surface area contributed by atoms with Crippen molar-refractivity contribution in [2.24, 2.45) is 23.6 Å². The summed E-state index contributed by atoms with van der Waals surface area (Å²) >= 11 is 0. The number of nitrogens with one attached hydrogen (secondary N) is 1. The van der Waals surface area contributed by atoms with E-state index < -0.39 is 0 Å². The Bertz CT molecular complexity index is 458. The van der Waals surface area contributed by atoms with Crippen molar-refractivity contribution in [2.75, 3.05) is 7.11 Å². The quantitative estimate of drug-likeness (QED) is 0.641. The molecule has 0 saturated heterocycles. The van der Waals surface area contributed by atoms with Crippen LogP contribution in [0.25, 0.3) is 0 Å². The van der Waals surface area contributed by atoms with Crippen molar-refractivity contribution in [3.63, 3.8) is 0 Å². The molecular formula is C15H26N4O. The van der Waals surface area contributed by atoms with Crippen LogP contribution >= 0.6 is 0 Å². The van der Waals surface area contributed by atoms with Gasteiger partial charge < -0.3 is 4.74 Å². The second-order valence-corrected chi connectivity index (χ2v) is 6.47. The molecule has 5 heteroatoms. The van der Waals surface area contributed by atoms with Crippen molar-refractivity contribution in [2.45, 2.75) is 51.6 Å². The van der Waals surface area contributed by atoms with Gasteiger partial charge >= 0.3 is 0 Å². The van der Waals surface area contributed by atoms with Crippen molar-refractivity contribution in [1.29, 1.82) is 0 Å². The van der Waals surface area contributed by atoms with Gasteiger partial charge in [-0.15, -0.1) is 0 Å². The lowest BCUT2D eigenvalue weighted by molar-refractivity contribution is 0.362. The zero-order chi connectivity index (χ0) is 14.3. The van der Waals surface area contributed by atoms with Crippen LogP contribution in [0.2, 0.25) is 0 Å². The van der Waals surface area contributed by atoms with E-state index in [2.05, 4.69) is 24.4 Å². The molecule has 3 unspecified atom stereocenters. The van der Waals surface area contributed by atoms with Gasteiger partial charge in [0.25, 0.3) is 0 Å². The van der Waals surface area contributed by atoms with E-state index >= 15 is 0 Å². The van der Waals surface area contributed by atoms with Crippen LogP contribution in [0.1, 0.15) is 57.3 Å². The van der Waals surface area contributed by atoms with E-state index in [0.717, 1.165) is 23.3 Å². The largest absolute Gasteiger partial charge is 0.493 e. The third-order valence-electron chi connectivity index (χ3n) is 5.09. The molecule has 0 radical (unpaired) electrons. The molecule has 0 amide bonds. The number of hydrazine groups is 1. The highest BCUT2D eigenvalue weighted by molar-refractivity contribution is 5.31. The molecule has 3 rings (SSSR count). The van der Waals surface area contributed by atoms with Crippen LogP contribution in [-0.2, 0) is 0 Å². The van der Waals surface area contributed by atoms with Crippen LogP contribution in [0, 0.1) is 17.8 Å². The molecule has 20 heavy (non-hydrogen) atoms. The van der Waals surface area contributed by atoms with Crippen LogP contribution in [0.5, 0.6) is 5.75 Å². The van der Waals surface area contributed by atoms with Gasteiger partial charge in [-0.1, -0.05) is 12.8 Å². The molecule has 2 fully saturated rings. The number of methoxy groups -OCH3 is 1. The average molecular weight is 278 g/mol. The van der Waals surface area contributed by atoms with Crippen LogP contribution in [0.3, 0.4) is 0 Å². The molecule has 0 aliphatic heterocycles. The van der Waals surface area contributed by atoms with Crippen LogP contribution in [0.15, 0.2) is 6.20 Å². The molecular weight excluding hydrogens is 252 g/mol. The number of rotatable bonds is 5. The Morgan fingerprint density at radius 2 is 2.00 bits per heavy atom. The minimum Gasteiger partial charge on any atom is -0.493 e. The molecule has 0 spiro atoms. The molecule has 3 atom stereocenters. The molecule has 0 bridgehead atoms. The zero-order valence-corrected chi connectivity index (χ0v) is 12.7. The van der Waals surface area contributed by atoms with Crippen LogP contribution in [0.4, 0.5) is 0 Å². The van der Waals surface area contributed by atoms with Crippen molar-refractivity contribution in [3.8, 4) is 5.75 Å². The first-order valence-electron chi connectivity index (χ1n) is 7.76. The Balaban J connectivity index is 1.91. The number of fused-ring (bicyclic) bond motifs is 1. The number of nitrogens with two attached hydrogens (primary N) is 1. The SMILES string of the molecule is COc1cnn(C(C)C)c1C(NN)C1C2CCCCC21. The maximum atomic E-state index is 5.91. The minimum absolute atomic E-state index is 0.156. The van der Waals surface area contributed by atoms with Crippen molar-refractivity contribution in [1.82, 2.24) is 15.2 Å². The van der Waals surface area contributed by atoms with Crippen molar-refractivity contribution in [3.05, 3.63) is 11.9 Å². The van der Waals surface area contributed by atoms with Gasteiger partial charge in [-0.05, 0) is 44.4 Å². The highest BCUT2D eigenvalue weighted by Gasteiger charge is 2.55. The lowest BCUT2D eigenvalue weighted by Crippen LogP contribution is -2.32. The van der Waals surface area contributed by atoms with E-state index in [1.54, 1.807) is 7.11 Å². The van der Waals surface area contributed by atoms with Gasteiger partial charge in [-0.3, -0.25) is 16.0 Å². The first-order chi connectivity index (χ1) is 9.69. The molecule has 5 nitrogen and oxygen atoms in total. The summed E-state index contributed by atoms with van der Waals surface area (Å²) in [7, 11) is 1.71. The molecule has 112 valence electrons. The second kappa shape index (κ2) is 5.37. The van der Waals surface area contributed by atoms with E-state index in [-0.39, 0.29) is 6.04 Å². The number of ether oxygens (including phenoxy) is 1. The summed E-state index contributed by atoms with van der Waals surface area (Å²) in [5, 5.41) is 4.48. The summed E-state index contributed by atoms with van der Waals surface area (Å²) in [6.45, 7) is 4.28. The fourth-order valence-electron chi connectivity index (χ4n) is 4.13.